The van der Waals surface area contributed by atoms with Gasteiger partial charge in [0.1, 0.15) is 26.9 Å². The predicted octanol–water partition coefficient (Wildman–Crippen LogP) is 24.5. The Hall–Kier alpha value is -9.99. The maximum atomic E-state index is 6.31. The first-order valence-corrected chi connectivity index (χ1v) is 37.3. The van der Waals surface area contributed by atoms with Gasteiger partial charge in [0.2, 0.25) is 0 Å². The van der Waals surface area contributed by atoms with Crippen LogP contribution in [0, 0.1) is 0 Å². The van der Waals surface area contributed by atoms with Gasteiger partial charge in [0.25, 0.3) is 0 Å². The highest BCUT2D eigenvalue weighted by atomic mass is 79.9. The van der Waals surface area contributed by atoms with Crippen molar-refractivity contribution in [2.24, 2.45) is 0 Å². The molecule has 16 aromatic rings. The van der Waals surface area contributed by atoms with Gasteiger partial charge in [-0.05, 0) is 258 Å². The summed E-state index contributed by atoms with van der Waals surface area (Å²) in [5.41, 5.74) is 16.1. The van der Waals surface area contributed by atoms with Gasteiger partial charge in [-0.2, -0.15) is 0 Å². The van der Waals surface area contributed by atoms with Crippen molar-refractivity contribution in [1.82, 2.24) is 9.97 Å². The van der Waals surface area contributed by atoms with E-state index in [1.54, 1.807) is 0 Å². The second-order valence-corrected chi connectivity index (χ2v) is 32.0. The first kappa shape index (κ1) is 71.3. The number of hydrogen-bond acceptors (Lipinski definition) is 10. The molecule has 3 fully saturated rings. The number of rotatable bonds is 8. The number of aromatic nitrogens is 2. The molecule has 107 heavy (non-hydrogen) atoms. The van der Waals surface area contributed by atoms with Crippen LogP contribution in [0.15, 0.2) is 281 Å². The average molecular weight is 1470 g/mol. The van der Waals surface area contributed by atoms with Crippen molar-refractivity contribution in [1.29, 1.82) is 0 Å². The van der Waals surface area contributed by atoms with Crippen LogP contribution in [0.1, 0.15) is 90.5 Å². The quantitative estimate of drug-likeness (QED) is 0.0829. The summed E-state index contributed by atoms with van der Waals surface area (Å²) < 4.78 is 49.5. The van der Waals surface area contributed by atoms with E-state index in [4.69, 9.17) is 41.7 Å². The molecule has 7 heterocycles. The summed E-state index contributed by atoms with van der Waals surface area (Å²) in [7, 11) is -1.46. The molecular formula is C93H84B3BrN2O8. The Bertz CT molecular complexity index is 6010. The van der Waals surface area contributed by atoms with Crippen LogP contribution in [0.5, 0.6) is 0 Å². The normalized spacial score (nSPS) is 16.7. The molecule has 0 atom stereocenters. The summed E-state index contributed by atoms with van der Waals surface area (Å²) in [6.45, 7) is 24.5. The molecule has 4 aromatic heterocycles. The highest BCUT2D eigenvalue weighted by Gasteiger charge is 2.64. The van der Waals surface area contributed by atoms with Gasteiger partial charge in [-0.1, -0.05) is 202 Å². The summed E-state index contributed by atoms with van der Waals surface area (Å²) in [5, 5.41) is 14.2. The third-order valence-corrected chi connectivity index (χ3v) is 23.4. The zero-order valence-electron chi connectivity index (χ0n) is 61.7. The van der Waals surface area contributed by atoms with E-state index in [9.17, 15) is 0 Å². The molecule has 3 aliphatic rings. The zero-order valence-corrected chi connectivity index (χ0v) is 63.3. The highest BCUT2D eigenvalue weighted by Crippen LogP contribution is 2.49. The van der Waals surface area contributed by atoms with E-state index in [1.807, 2.05) is 104 Å². The summed E-state index contributed by atoms with van der Waals surface area (Å²) in [4.78, 5) is 9.49. The number of halogens is 1. The van der Waals surface area contributed by atoms with Crippen molar-refractivity contribution in [3.63, 3.8) is 0 Å². The number of hydrogen-bond donors (Lipinski definition) is 0. The SMILES string of the molecule is Brc1ccc(-c2c3ccccc3c(-c3ccccc3)c3cc(-c4ccc5oc6ccccc6c5c4)ccc23)cn1.C.CC1(C)OB(B2OC(C)(C)C(C)(C)O2)OC1(C)C.CC1(C)OB(c2ccc(-c3c4ccccc4c(-c4ccccc4)c4cc(-c5ccc6oc7ccccc7c6c5)ccc34)cn2)OC1(C)C. The first-order chi connectivity index (χ1) is 50.9. The van der Waals surface area contributed by atoms with E-state index >= 15 is 0 Å². The maximum Gasteiger partial charge on any atom is 0.514 e. The second kappa shape index (κ2) is 27.0. The fourth-order valence-corrected chi connectivity index (χ4v) is 15.4. The lowest BCUT2D eigenvalue weighted by Crippen LogP contribution is -2.41. The van der Waals surface area contributed by atoms with Gasteiger partial charge >= 0.3 is 21.1 Å². The summed E-state index contributed by atoms with van der Waals surface area (Å²) in [6.07, 6.45) is 3.93. The molecule has 530 valence electrons. The Labute approximate surface area is 634 Å². The molecule has 0 N–H and O–H groups in total. The molecule has 0 amide bonds. The average Bonchev–Trinajstić information content (AvgIpc) is 1.69. The molecule has 3 aliphatic heterocycles. The van der Waals surface area contributed by atoms with Gasteiger partial charge in [0.05, 0.1) is 39.2 Å². The molecule has 10 nitrogen and oxygen atoms in total. The van der Waals surface area contributed by atoms with Crippen molar-refractivity contribution < 1.29 is 36.8 Å². The second-order valence-electron chi connectivity index (χ2n) is 31.1. The van der Waals surface area contributed by atoms with E-state index in [0.29, 0.717) is 0 Å². The van der Waals surface area contributed by atoms with Crippen LogP contribution in [0.4, 0.5) is 0 Å². The van der Waals surface area contributed by atoms with E-state index in [0.717, 1.165) is 81.9 Å². The Kier molecular flexibility index (Phi) is 18.0. The Morgan fingerprint density at radius 2 is 0.542 bits per heavy atom. The molecule has 3 saturated heterocycles. The lowest BCUT2D eigenvalue weighted by Gasteiger charge is -2.32. The van der Waals surface area contributed by atoms with Crippen molar-refractivity contribution in [2.75, 3.05) is 0 Å². The standard InChI is InChI=1S/C43H34BNO3.C37H22BrNO.C12H24B2O4.CH4/c1-42(2)43(3,4)48-44(47-42)39-23-20-30(26-45-39)41-33-16-9-8-15-32(33)40(27-12-6-5-7-13-27)36-25-28(18-21-34(36)41)29-19-22-38-35(24-29)31-14-10-11-17-37(31)46-38;38-35-19-16-26(22-39-35)37-29-12-5-4-11-28(29)36(23-8-2-1-3-9-23)32-21-24(14-17-30(32)37)25-15-18-34-31(20-25)27-10-6-7-13-33(27)40-34;1-9(2)10(3,4)16-13(15-9)14-17-11(5,6)12(7,8)18-14;/h5-26H,1-4H3;1-22H;1-8H3;1H4. The van der Waals surface area contributed by atoms with Crippen molar-refractivity contribution >= 4 is 130 Å². The Morgan fingerprint density at radius 1 is 0.252 bits per heavy atom. The largest absolute Gasteiger partial charge is 0.514 e. The molecule has 19 rings (SSSR count). The Balaban J connectivity index is 0.000000134. The van der Waals surface area contributed by atoms with E-state index in [2.05, 4.69) is 267 Å². The number of para-hydroxylation sites is 2. The first-order valence-electron chi connectivity index (χ1n) is 36.5. The van der Waals surface area contributed by atoms with Crippen molar-refractivity contribution in [2.45, 2.75) is 124 Å². The van der Waals surface area contributed by atoms with Gasteiger partial charge in [0.15, 0.2) is 0 Å². The lowest BCUT2D eigenvalue weighted by molar-refractivity contribution is 0.00578. The molecule has 0 radical (unpaired) electrons. The molecule has 14 heteroatoms. The molecule has 0 bridgehead atoms. The Morgan fingerprint density at radius 3 is 0.907 bits per heavy atom. The minimum Gasteiger partial charge on any atom is -0.456 e. The fraction of sp³-hybridized carbons (Fsp3) is 0.204. The third-order valence-electron chi connectivity index (χ3n) is 22.9. The number of fused-ring (bicyclic) bond motifs is 10. The van der Waals surface area contributed by atoms with Crippen LogP contribution in [-0.2, 0) is 27.9 Å². The van der Waals surface area contributed by atoms with Crippen LogP contribution in [-0.4, -0.2) is 64.7 Å². The van der Waals surface area contributed by atoms with Gasteiger partial charge < -0.3 is 36.8 Å². The van der Waals surface area contributed by atoms with Crippen LogP contribution in [0.25, 0.3) is 154 Å². The number of pyridine rings is 2. The molecule has 0 spiro atoms. The molecule has 12 aromatic carbocycles. The monoisotopic (exact) mass is 1470 g/mol. The molecular weight excluding hydrogens is 1390 g/mol. The minimum atomic E-state index is -0.509. The number of nitrogens with zero attached hydrogens (tertiary/aromatic N) is 2. The van der Waals surface area contributed by atoms with Crippen LogP contribution < -0.4 is 5.59 Å². The maximum absolute atomic E-state index is 6.31. The molecule has 0 unspecified atom stereocenters. The highest BCUT2D eigenvalue weighted by molar-refractivity contribution is 9.10. The van der Waals surface area contributed by atoms with E-state index in [-0.39, 0.29) is 29.8 Å². The van der Waals surface area contributed by atoms with Crippen LogP contribution in [0.3, 0.4) is 0 Å². The smallest absolute Gasteiger partial charge is 0.456 e. The van der Waals surface area contributed by atoms with Crippen LogP contribution >= 0.6 is 15.9 Å². The lowest BCUT2D eigenvalue weighted by atomic mass is 9.49. The topological polar surface area (TPSA) is 107 Å². The van der Waals surface area contributed by atoms with Crippen LogP contribution in [0.2, 0.25) is 0 Å². The number of benzene rings is 12. The predicted molar refractivity (Wildman–Crippen MR) is 448 cm³/mol. The number of furan rings is 2. The van der Waals surface area contributed by atoms with E-state index < -0.39 is 32.3 Å². The van der Waals surface area contributed by atoms with Crippen molar-refractivity contribution in [3.05, 3.63) is 272 Å². The molecule has 0 aliphatic carbocycles. The van der Waals surface area contributed by atoms with Gasteiger partial charge in [0, 0.05) is 45.1 Å². The zero-order chi connectivity index (χ0) is 73.2. The van der Waals surface area contributed by atoms with Gasteiger partial charge in [-0.15, -0.1) is 0 Å². The third kappa shape index (κ3) is 12.6. The summed E-state index contributed by atoms with van der Waals surface area (Å²) in [5.74, 6) is 0. The van der Waals surface area contributed by atoms with Crippen molar-refractivity contribution in [3.8, 4) is 66.8 Å². The summed E-state index contributed by atoms with van der Waals surface area (Å²) >= 11 is 3.51. The minimum absolute atomic E-state index is 0. The van der Waals surface area contributed by atoms with Gasteiger partial charge in [-0.25, -0.2) is 4.98 Å². The molecule has 0 saturated carbocycles. The fourth-order valence-electron chi connectivity index (χ4n) is 15.2. The van der Waals surface area contributed by atoms with Gasteiger partial charge in [-0.3, -0.25) is 4.98 Å². The summed E-state index contributed by atoms with van der Waals surface area (Å²) in [6, 6.07) is 90.5. The van der Waals surface area contributed by atoms with E-state index in [1.165, 1.54) is 82.0 Å².